The second-order valence-corrected chi connectivity index (χ2v) is 7.92. The lowest BCUT2D eigenvalue weighted by molar-refractivity contribution is 0.155. The van der Waals surface area contributed by atoms with E-state index in [0.717, 1.165) is 45.7 Å². The first-order chi connectivity index (χ1) is 13.4. The van der Waals surface area contributed by atoms with Crippen molar-refractivity contribution in [3.63, 3.8) is 0 Å². The van der Waals surface area contributed by atoms with Gasteiger partial charge in [-0.05, 0) is 43.0 Å². The van der Waals surface area contributed by atoms with Crippen molar-refractivity contribution in [3.05, 3.63) is 46.4 Å². The van der Waals surface area contributed by atoms with E-state index in [1.807, 2.05) is 6.20 Å². The average molecular weight is 401 g/mol. The number of pyridine rings is 2. The summed E-state index contributed by atoms with van der Waals surface area (Å²) in [5.74, 6) is 0.353. The minimum Gasteiger partial charge on any atom is -0.383 e. The minimum absolute atomic E-state index is 0.221. The van der Waals surface area contributed by atoms with Gasteiger partial charge < -0.3 is 15.0 Å². The van der Waals surface area contributed by atoms with Crippen LogP contribution in [0.4, 0.5) is 0 Å². The van der Waals surface area contributed by atoms with Crippen LogP contribution in [0.1, 0.15) is 56.1 Å². The van der Waals surface area contributed by atoms with Gasteiger partial charge in [-0.1, -0.05) is 32.4 Å². The molecule has 0 saturated heterocycles. The van der Waals surface area contributed by atoms with Gasteiger partial charge in [-0.2, -0.15) is 0 Å². The third kappa shape index (κ3) is 3.79. The van der Waals surface area contributed by atoms with Gasteiger partial charge in [0, 0.05) is 31.1 Å². The summed E-state index contributed by atoms with van der Waals surface area (Å²) in [5.41, 5.74) is 12.7. The number of halogens is 1. The Morgan fingerprint density at radius 3 is 2.61 bits per heavy atom. The summed E-state index contributed by atoms with van der Waals surface area (Å²) in [6.07, 6.45) is 2.91. The SMILES string of the molecule is CC[C@H](COC)n1cc(Cl)c2nc(-c3ccc(C(C)C)nc3CN)c(C)cc21. The first kappa shape index (κ1) is 20.8. The van der Waals surface area contributed by atoms with E-state index in [4.69, 9.17) is 32.0 Å². The van der Waals surface area contributed by atoms with Crippen molar-refractivity contribution < 1.29 is 4.74 Å². The summed E-state index contributed by atoms with van der Waals surface area (Å²) in [7, 11) is 1.72. The van der Waals surface area contributed by atoms with Crippen LogP contribution in [-0.2, 0) is 11.3 Å². The predicted molar refractivity (Wildman–Crippen MR) is 116 cm³/mol. The fourth-order valence-corrected chi connectivity index (χ4v) is 3.84. The van der Waals surface area contributed by atoms with Crippen molar-refractivity contribution in [1.82, 2.24) is 14.5 Å². The standard InChI is InChI=1S/C22H29ClN4O/c1-6-15(12-28-5)27-11-17(23)22-20(27)9-14(4)21(26-22)16-7-8-18(13(2)3)25-19(16)10-24/h7-9,11,13,15H,6,10,12,24H2,1-5H3/t15-/m1/s1. The van der Waals surface area contributed by atoms with Gasteiger partial charge in [-0.15, -0.1) is 0 Å². The highest BCUT2D eigenvalue weighted by Gasteiger charge is 2.19. The Morgan fingerprint density at radius 1 is 1.25 bits per heavy atom. The molecule has 3 heterocycles. The zero-order valence-corrected chi connectivity index (χ0v) is 18.0. The smallest absolute Gasteiger partial charge is 0.107 e. The van der Waals surface area contributed by atoms with Gasteiger partial charge in [0.2, 0.25) is 0 Å². The molecule has 3 rings (SSSR count). The molecule has 0 aliphatic heterocycles. The van der Waals surface area contributed by atoms with Gasteiger partial charge in [-0.3, -0.25) is 4.98 Å². The number of hydrogen-bond donors (Lipinski definition) is 1. The number of methoxy groups -OCH3 is 1. The lowest BCUT2D eigenvalue weighted by Gasteiger charge is -2.18. The van der Waals surface area contributed by atoms with E-state index in [2.05, 4.69) is 50.5 Å². The summed E-state index contributed by atoms with van der Waals surface area (Å²) in [5, 5.41) is 0.645. The minimum atomic E-state index is 0.221. The maximum atomic E-state index is 6.57. The normalized spacial score (nSPS) is 12.9. The Labute approximate surface area is 171 Å². The van der Waals surface area contributed by atoms with Crippen LogP contribution in [0.3, 0.4) is 0 Å². The third-order valence-electron chi connectivity index (χ3n) is 5.21. The maximum Gasteiger partial charge on any atom is 0.107 e. The van der Waals surface area contributed by atoms with E-state index in [0.29, 0.717) is 24.1 Å². The number of hydrogen-bond acceptors (Lipinski definition) is 4. The van der Waals surface area contributed by atoms with Crippen molar-refractivity contribution in [2.75, 3.05) is 13.7 Å². The third-order valence-corrected chi connectivity index (χ3v) is 5.49. The number of nitrogens with zero attached hydrogens (tertiary/aromatic N) is 3. The van der Waals surface area contributed by atoms with Crippen molar-refractivity contribution in [3.8, 4) is 11.3 Å². The number of nitrogens with two attached hydrogens (primary N) is 1. The van der Waals surface area contributed by atoms with E-state index in [1.54, 1.807) is 7.11 Å². The largest absolute Gasteiger partial charge is 0.383 e. The Kier molecular flexibility index (Phi) is 6.38. The molecule has 0 radical (unpaired) electrons. The summed E-state index contributed by atoms with van der Waals surface area (Å²) in [6.45, 7) is 9.48. The van der Waals surface area contributed by atoms with E-state index >= 15 is 0 Å². The number of aryl methyl sites for hydroxylation is 1. The van der Waals surface area contributed by atoms with Gasteiger partial charge in [0.05, 0.1) is 34.6 Å². The lowest BCUT2D eigenvalue weighted by atomic mass is 10.0. The van der Waals surface area contributed by atoms with Gasteiger partial charge in [0.25, 0.3) is 0 Å². The Morgan fingerprint density at radius 2 is 2.00 bits per heavy atom. The molecule has 3 aromatic heterocycles. The Bertz CT molecular complexity index is 980. The van der Waals surface area contributed by atoms with Crippen LogP contribution < -0.4 is 5.73 Å². The van der Waals surface area contributed by atoms with E-state index < -0.39 is 0 Å². The quantitative estimate of drug-likeness (QED) is 0.588. The first-order valence-corrected chi connectivity index (χ1v) is 10.2. The maximum absolute atomic E-state index is 6.57. The summed E-state index contributed by atoms with van der Waals surface area (Å²) in [6, 6.07) is 6.51. The summed E-state index contributed by atoms with van der Waals surface area (Å²) in [4.78, 5) is 9.70. The molecule has 0 unspecified atom stereocenters. The van der Waals surface area contributed by atoms with Gasteiger partial charge in [0.1, 0.15) is 5.52 Å². The highest BCUT2D eigenvalue weighted by molar-refractivity contribution is 6.35. The molecule has 0 spiro atoms. The molecular formula is C22H29ClN4O. The van der Waals surface area contributed by atoms with Crippen molar-refractivity contribution in [2.24, 2.45) is 5.73 Å². The molecular weight excluding hydrogens is 372 g/mol. The second-order valence-electron chi connectivity index (χ2n) is 7.51. The predicted octanol–water partition coefficient (Wildman–Crippen LogP) is 5.24. The van der Waals surface area contributed by atoms with E-state index in [9.17, 15) is 0 Å². The van der Waals surface area contributed by atoms with Crippen LogP contribution in [0.2, 0.25) is 5.02 Å². The number of ether oxygens (including phenoxy) is 1. The van der Waals surface area contributed by atoms with E-state index in [-0.39, 0.29) is 6.04 Å². The molecule has 28 heavy (non-hydrogen) atoms. The van der Waals surface area contributed by atoms with Crippen molar-refractivity contribution in [2.45, 2.75) is 52.6 Å². The number of rotatable bonds is 7. The zero-order valence-electron chi connectivity index (χ0n) is 17.3. The van der Waals surface area contributed by atoms with Crippen LogP contribution in [0.15, 0.2) is 24.4 Å². The molecule has 0 aliphatic rings. The molecule has 6 heteroatoms. The van der Waals surface area contributed by atoms with Gasteiger partial charge >= 0.3 is 0 Å². The fraction of sp³-hybridized carbons (Fsp3) is 0.455. The summed E-state index contributed by atoms with van der Waals surface area (Å²) < 4.78 is 7.56. The molecule has 3 aromatic rings. The summed E-state index contributed by atoms with van der Waals surface area (Å²) >= 11 is 6.57. The fourth-order valence-electron chi connectivity index (χ4n) is 3.60. The van der Waals surface area contributed by atoms with Gasteiger partial charge in [0.15, 0.2) is 0 Å². The zero-order chi connectivity index (χ0) is 20.4. The molecule has 0 aliphatic carbocycles. The van der Waals surface area contributed by atoms with Crippen LogP contribution in [0.25, 0.3) is 22.3 Å². The van der Waals surface area contributed by atoms with Crippen LogP contribution >= 0.6 is 11.6 Å². The average Bonchev–Trinajstić information content (AvgIpc) is 3.00. The number of fused-ring (bicyclic) bond motifs is 1. The topological polar surface area (TPSA) is 66.0 Å². The molecule has 0 saturated carbocycles. The van der Waals surface area contributed by atoms with Gasteiger partial charge in [-0.25, -0.2) is 4.98 Å². The second kappa shape index (κ2) is 8.60. The molecule has 150 valence electrons. The van der Waals surface area contributed by atoms with Crippen LogP contribution in [-0.4, -0.2) is 28.3 Å². The monoisotopic (exact) mass is 400 g/mol. The Hall–Kier alpha value is -1.95. The van der Waals surface area contributed by atoms with Crippen LogP contribution in [0, 0.1) is 6.92 Å². The van der Waals surface area contributed by atoms with Crippen molar-refractivity contribution >= 4 is 22.6 Å². The van der Waals surface area contributed by atoms with Crippen molar-refractivity contribution in [1.29, 1.82) is 0 Å². The van der Waals surface area contributed by atoms with Crippen LogP contribution in [0.5, 0.6) is 0 Å². The molecule has 0 aromatic carbocycles. The lowest BCUT2D eigenvalue weighted by Crippen LogP contribution is -2.13. The molecule has 0 amide bonds. The highest BCUT2D eigenvalue weighted by atomic mass is 35.5. The highest BCUT2D eigenvalue weighted by Crippen LogP contribution is 2.34. The first-order valence-electron chi connectivity index (χ1n) is 9.78. The molecule has 0 bridgehead atoms. The molecule has 2 N–H and O–H groups in total. The number of aromatic nitrogens is 3. The van der Waals surface area contributed by atoms with E-state index in [1.165, 1.54) is 0 Å². The molecule has 0 fully saturated rings. The molecule has 5 nitrogen and oxygen atoms in total. The molecule has 1 atom stereocenters. The Balaban J connectivity index is 2.17.